The molecule has 1 unspecified atom stereocenters. The van der Waals surface area contributed by atoms with Crippen LogP contribution in [0.15, 0.2) is 12.7 Å². The molecule has 3 N–H and O–H groups in total. The quantitative estimate of drug-likeness (QED) is 0.461. The molecule has 1 atom stereocenters. The summed E-state index contributed by atoms with van der Waals surface area (Å²) in [7, 11) is 0. The average Bonchev–Trinajstić information content (AvgIpc) is 2.16. The number of nitrogens with two attached hydrogens (primary N) is 1. The molecular formula is C11H22N2O2. The molecule has 0 aliphatic heterocycles. The Kier molecular flexibility index (Phi) is 7.95. The zero-order valence-electron chi connectivity index (χ0n) is 9.66. The van der Waals surface area contributed by atoms with Crippen LogP contribution in [-0.2, 0) is 9.53 Å². The number of carbonyl (C=O) groups excluding carboxylic acids is 1. The molecule has 0 aromatic rings. The fraction of sp³-hybridized carbons (Fsp3) is 0.727. The monoisotopic (exact) mass is 214 g/mol. The SMILES string of the molecule is C=CCC(N)C(=O)NCCOCC(C)C. The largest absolute Gasteiger partial charge is 0.379 e. The van der Waals surface area contributed by atoms with Crippen molar-refractivity contribution in [2.24, 2.45) is 11.7 Å². The lowest BCUT2D eigenvalue weighted by molar-refractivity contribution is -0.122. The van der Waals surface area contributed by atoms with E-state index in [2.05, 4.69) is 25.7 Å². The Morgan fingerprint density at radius 1 is 1.60 bits per heavy atom. The predicted octanol–water partition coefficient (Wildman–Crippen LogP) is 0.679. The molecule has 0 fully saturated rings. The molecular weight excluding hydrogens is 192 g/mol. The Balaban J connectivity index is 3.42. The molecule has 0 bridgehead atoms. The maximum atomic E-state index is 11.3. The second kappa shape index (κ2) is 8.44. The third kappa shape index (κ3) is 8.15. The summed E-state index contributed by atoms with van der Waals surface area (Å²) in [4.78, 5) is 11.3. The van der Waals surface area contributed by atoms with E-state index in [1.54, 1.807) is 6.08 Å². The third-order valence-electron chi connectivity index (χ3n) is 1.75. The van der Waals surface area contributed by atoms with Crippen LogP contribution in [0.1, 0.15) is 20.3 Å². The van der Waals surface area contributed by atoms with Gasteiger partial charge in [-0.2, -0.15) is 0 Å². The smallest absolute Gasteiger partial charge is 0.237 e. The van der Waals surface area contributed by atoms with Crippen LogP contribution >= 0.6 is 0 Å². The van der Waals surface area contributed by atoms with Gasteiger partial charge in [0.2, 0.25) is 5.91 Å². The van der Waals surface area contributed by atoms with Gasteiger partial charge in [0.25, 0.3) is 0 Å². The van der Waals surface area contributed by atoms with Crippen molar-refractivity contribution in [2.75, 3.05) is 19.8 Å². The van der Waals surface area contributed by atoms with Crippen molar-refractivity contribution in [1.29, 1.82) is 0 Å². The Labute approximate surface area is 91.9 Å². The number of hydrogen-bond acceptors (Lipinski definition) is 3. The fourth-order valence-electron chi connectivity index (χ4n) is 0.983. The lowest BCUT2D eigenvalue weighted by Crippen LogP contribution is -2.41. The molecule has 0 heterocycles. The first-order chi connectivity index (χ1) is 7.07. The van der Waals surface area contributed by atoms with E-state index in [4.69, 9.17) is 10.5 Å². The van der Waals surface area contributed by atoms with E-state index in [9.17, 15) is 4.79 Å². The topological polar surface area (TPSA) is 64.4 Å². The third-order valence-corrected chi connectivity index (χ3v) is 1.75. The highest BCUT2D eigenvalue weighted by Crippen LogP contribution is 1.91. The molecule has 0 radical (unpaired) electrons. The fourth-order valence-corrected chi connectivity index (χ4v) is 0.983. The molecule has 0 spiro atoms. The number of hydrogen-bond donors (Lipinski definition) is 2. The number of rotatable bonds is 8. The number of carbonyl (C=O) groups is 1. The van der Waals surface area contributed by atoms with Gasteiger partial charge in [-0.15, -0.1) is 6.58 Å². The van der Waals surface area contributed by atoms with Gasteiger partial charge >= 0.3 is 0 Å². The zero-order chi connectivity index (χ0) is 11.7. The van der Waals surface area contributed by atoms with Crippen molar-refractivity contribution in [1.82, 2.24) is 5.32 Å². The van der Waals surface area contributed by atoms with Gasteiger partial charge in [0, 0.05) is 13.2 Å². The van der Waals surface area contributed by atoms with Crippen LogP contribution in [-0.4, -0.2) is 31.7 Å². The number of amides is 1. The second-order valence-electron chi connectivity index (χ2n) is 3.89. The lowest BCUT2D eigenvalue weighted by atomic mass is 10.2. The van der Waals surface area contributed by atoms with Crippen LogP contribution in [0, 0.1) is 5.92 Å². The van der Waals surface area contributed by atoms with Gasteiger partial charge < -0.3 is 15.8 Å². The highest BCUT2D eigenvalue weighted by atomic mass is 16.5. The first kappa shape index (κ1) is 14.1. The molecule has 4 heteroatoms. The lowest BCUT2D eigenvalue weighted by Gasteiger charge is -2.11. The van der Waals surface area contributed by atoms with E-state index < -0.39 is 6.04 Å². The molecule has 0 aliphatic carbocycles. The van der Waals surface area contributed by atoms with Crippen LogP contribution in [0.4, 0.5) is 0 Å². The minimum atomic E-state index is -0.493. The van der Waals surface area contributed by atoms with Crippen molar-refractivity contribution in [3.05, 3.63) is 12.7 Å². The van der Waals surface area contributed by atoms with Crippen molar-refractivity contribution in [3.8, 4) is 0 Å². The predicted molar refractivity (Wildman–Crippen MR) is 61.5 cm³/mol. The Bertz CT molecular complexity index is 193. The standard InChI is InChI=1S/C11H22N2O2/c1-4-5-10(12)11(14)13-6-7-15-8-9(2)3/h4,9-10H,1,5-8,12H2,2-3H3,(H,13,14). The highest BCUT2D eigenvalue weighted by molar-refractivity contribution is 5.81. The summed E-state index contributed by atoms with van der Waals surface area (Å²) in [6, 6.07) is -0.493. The molecule has 4 nitrogen and oxygen atoms in total. The summed E-state index contributed by atoms with van der Waals surface area (Å²) >= 11 is 0. The van der Waals surface area contributed by atoms with Gasteiger partial charge in [0.15, 0.2) is 0 Å². The Morgan fingerprint density at radius 2 is 2.27 bits per heavy atom. The number of nitrogens with one attached hydrogen (secondary N) is 1. The van der Waals surface area contributed by atoms with Gasteiger partial charge in [-0.1, -0.05) is 19.9 Å². The van der Waals surface area contributed by atoms with Crippen LogP contribution in [0.25, 0.3) is 0 Å². The van der Waals surface area contributed by atoms with Gasteiger partial charge in [-0.3, -0.25) is 4.79 Å². The zero-order valence-corrected chi connectivity index (χ0v) is 9.66. The summed E-state index contributed by atoms with van der Waals surface area (Å²) in [6.45, 7) is 9.45. The molecule has 0 saturated heterocycles. The minimum absolute atomic E-state index is 0.150. The van der Waals surface area contributed by atoms with Crippen LogP contribution in [0.5, 0.6) is 0 Å². The molecule has 88 valence electrons. The normalized spacial score (nSPS) is 12.5. The minimum Gasteiger partial charge on any atom is -0.379 e. The van der Waals surface area contributed by atoms with Crippen molar-refractivity contribution in [3.63, 3.8) is 0 Å². The maximum Gasteiger partial charge on any atom is 0.237 e. The Morgan fingerprint density at radius 3 is 2.80 bits per heavy atom. The molecule has 0 saturated carbocycles. The second-order valence-corrected chi connectivity index (χ2v) is 3.89. The molecule has 0 aromatic heterocycles. The summed E-state index contributed by atoms with van der Waals surface area (Å²) < 4.78 is 5.31. The van der Waals surface area contributed by atoms with E-state index in [1.807, 2.05) is 0 Å². The molecule has 0 aromatic carbocycles. The first-order valence-electron chi connectivity index (χ1n) is 5.29. The highest BCUT2D eigenvalue weighted by Gasteiger charge is 2.09. The summed E-state index contributed by atoms with van der Waals surface area (Å²) in [5.41, 5.74) is 5.57. The summed E-state index contributed by atoms with van der Waals surface area (Å²) in [5.74, 6) is 0.367. The van der Waals surface area contributed by atoms with E-state index >= 15 is 0 Å². The van der Waals surface area contributed by atoms with Gasteiger partial charge in [0.05, 0.1) is 12.6 Å². The van der Waals surface area contributed by atoms with E-state index in [1.165, 1.54) is 0 Å². The molecule has 15 heavy (non-hydrogen) atoms. The van der Waals surface area contributed by atoms with Crippen molar-refractivity contribution >= 4 is 5.91 Å². The molecule has 0 aliphatic rings. The van der Waals surface area contributed by atoms with E-state index in [-0.39, 0.29) is 5.91 Å². The van der Waals surface area contributed by atoms with Crippen molar-refractivity contribution in [2.45, 2.75) is 26.3 Å². The van der Waals surface area contributed by atoms with Gasteiger partial charge in [0.1, 0.15) is 0 Å². The first-order valence-corrected chi connectivity index (χ1v) is 5.29. The van der Waals surface area contributed by atoms with Crippen LogP contribution < -0.4 is 11.1 Å². The average molecular weight is 214 g/mol. The van der Waals surface area contributed by atoms with Gasteiger partial charge in [-0.05, 0) is 12.3 Å². The maximum absolute atomic E-state index is 11.3. The van der Waals surface area contributed by atoms with E-state index in [0.717, 1.165) is 0 Å². The summed E-state index contributed by atoms with van der Waals surface area (Å²) in [5, 5.41) is 2.70. The number of ether oxygens (including phenoxy) is 1. The summed E-state index contributed by atoms with van der Waals surface area (Å²) in [6.07, 6.45) is 2.14. The van der Waals surface area contributed by atoms with Crippen LogP contribution in [0.3, 0.4) is 0 Å². The van der Waals surface area contributed by atoms with E-state index in [0.29, 0.717) is 32.1 Å². The van der Waals surface area contributed by atoms with Gasteiger partial charge in [-0.25, -0.2) is 0 Å². The van der Waals surface area contributed by atoms with Crippen LogP contribution in [0.2, 0.25) is 0 Å². The van der Waals surface area contributed by atoms with Crippen molar-refractivity contribution < 1.29 is 9.53 Å². The molecule has 1 amide bonds. The Hall–Kier alpha value is -0.870. The molecule has 0 rings (SSSR count).